The van der Waals surface area contributed by atoms with Gasteiger partial charge in [0.15, 0.2) is 0 Å². The highest BCUT2D eigenvalue weighted by atomic mass is 16.2. The van der Waals surface area contributed by atoms with E-state index in [1.165, 1.54) is 11.1 Å². The maximum absolute atomic E-state index is 13.3. The van der Waals surface area contributed by atoms with Crippen molar-refractivity contribution in [2.45, 2.75) is 46.1 Å². The van der Waals surface area contributed by atoms with Crippen LogP contribution >= 0.6 is 0 Å². The first-order valence-electron chi connectivity index (χ1n) is 11.8. The molecule has 0 saturated heterocycles. The van der Waals surface area contributed by atoms with Gasteiger partial charge in [0, 0.05) is 6.04 Å². The first kappa shape index (κ1) is 23.4. The van der Waals surface area contributed by atoms with Gasteiger partial charge in [-0.15, -0.1) is 0 Å². The Balaban J connectivity index is 1.47. The van der Waals surface area contributed by atoms with Crippen molar-refractivity contribution in [1.29, 1.82) is 0 Å². The van der Waals surface area contributed by atoms with E-state index >= 15 is 0 Å². The van der Waals surface area contributed by atoms with Gasteiger partial charge in [0.2, 0.25) is 11.8 Å². The van der Waals surface area contributed by atoms with E-state index in [1.54, 1.807) is 4.90 Å². The van der Waals surface area contributed by atoms with Gasteiger partial charge in [0.25, 0.3) is 0 Å². The van der Waals surface area contributed by atoms with E-state index in [0.29, 0.717) is 11.4 Å². The number of benzene rings is 3. The molecule has 0 bridgehead atoms. The first-order valence-corrected chi connectivity index (χ1v) is 11.8. The summed E-state index contributed by atoms with van der Waals surface area (Å²) in [6.07, 6.45) is 1.87. The molecule has 2 amide bonds. The third-order valence-corrected chi connectivity index (χ3v) is 6.31. The standard InChI is InChI=1S/C29H31N3O2/c1-20-13-16-24(17-21(20)2)26-18-29(34)32(27-12-8-7-11-25(27)31-26)19-28(33)30-22(3)14-15-23-9-5-4-6-10-23/h4-13,16-17,22H,14-15,18-19H2,1-3H3,(H,30,33)/t22-/m1/s1. The van der Waals surface area contributed by atoms with Crippen LogP contribution in [0.15, 0.2) is 77.8 Å². The molecule has 0 aromatic heterocycles. The number of amides is 2. The van der Waals surface area contributed by atoms with Crippen molar-refractivity contribution < 1.29 is 9.59 Å². The minimum Gasteiger partial charge on any atom is -0.352 e. The summed E-state index contributed by atoms with van der Waals surface area (Å²) in [5.41, 5.74) is 6.63. The van der Waals surface area contributed by atoms with Crippen molar-refractivity contribution in [2.75, 3.05) is 11.4 Å². The Morgan fingerprint density at radius 1 is 1.00 bits per heavy atom. The number of rotatable bonds is 7. The van der Waals surface area contributed by atoms with Crippen LogP contribution in [-0.2, 0) is 16.0 Å². The van der Waals surface area contributed by atoms with Crippen LogP contribution in [0.3, 0.4) is 0 Å². The molecule has 0 saturated carbocycles. The van der Waals surface area contributed by atoms with Gasteiger partial charge in [0.05, 0.1) is 23.5 Å². The summed E-state index contributed by atoms with van der Waals surface area (Å²) in [5, 5.41) is 3.06. The molecule has 5 heteroatoms. The Labute approximate surface area is 201 Å². The van der Waals surface area contributed by atoms with E-state index in [0.717, 1.165) is 29.7 Å². The summed E-state index contributed by atoms with van der Waals surface area (Å²) in [4.78, 5) is 32.6. The third-order valence-electron chi connectivity index (χ3n) is 6.31. The SMILES string of the molecule is Cc1ccc(C2=Nc3ccccc3N(CC(=O)N[C@H](C)CCc3ccccc3)C(=O)C2)cc1C. The maximum Gasteiger partial charge on any atom is 0.240 e. The fourth-order valence-electron chi connectivity index (χ4n) is 4.17. The van der Waals surface area contributed by atoms with Crippen LogP contribution in [0.5, 0.6) is 0 Å². The third kappa shape index (κ3) is 5.60. The molecule has 0 radical (unpaired) electrons. The zero-order valence-corrected chi connectivity index (χ0v) is 20.0. The van der Waals surface area contributed by atoms with Crippen LogP contribution in [0.1, 0.15) is 42.0 Å². The molecule has 3 aromatic rings. The van der Waals surface area contributed by atoms with Gasteiger partial charge in [-0.3, -0.25) is 14.6 Å². The zero-order valence-electron chi connectivity index (χ0n) is 20.0. The molecule has 0 fully saturated rings. The van der Waals surface area contributed by atoms with Gasteiger partial charge >= 0.3 is 0 Å². The minimum absolute atomic E-state index is 0.00683. The number of aryl methyl sites for hydroxylation is 3. The van der Waals surface area contributed by atoms with Gasteiger partial charge in [-0.05, 0) is 74.1 Å². The van der Waals surface area contributed by atoms with Crippen LogP contribution in [0, 0.1) is 13.8 Å². The number of anilines is 1. The highest BCUT2D eigenvalue weighted by Gasteiger charge is 2.27. The number of aliphatic imine (C=N–C) groups is 1. The number of para-hydroxylation sites is 2. The summed E-state index contributed by atoms with van der Waals surface area (Å²) in [6.45, 7) is 6.10. The topological polar surface area (TPSA) is 61.8 Å². The fourth-order valence-corrected chi connectivity index (χ4v) is 4.17. The zero-order chi connectivity index (χ0) is 24.1. The second-order valence-electron chi connectivity index (χ2n) is 9.00. The number of nitrogens with one attached hydrogen (secondary N) is 1. The Bertz CT molecular complexity index is 1220. The molecule has 1 aliphatic rings. The molecule has 3 aromatic carbocycles. The number of carbonyl (C=O) groups is 2. The maximum atomic E-state index is 13.3. The van der Waals surface area contributed by atoms with Crippen LogP contribution in [0.4, 0.5) is 11.4 Å². The van der Waals surface area contributed by atoms with Crippen LogP contribution < -0.4 is 10.2 Å². The van der Waals surface area contributed by atoms with Crippen molar-refractivity contribution in [2.24, 2.45) is 4.99 Å². The minimum atomic E-state index is -0.168. The summed E-state index contributed by atoms with van der Waals surface area (Å²) >= 11 is 0. The van der Waals surface area contributed by atoms with Crippen molar-refractivity contribution in [3.63, 3.8) is 0 Å². The van der Waals surface area contributed by atoms with E-state index < -0.39 is 0 Å². The van der Waals surface area contributed by atoms with Crippen LogP contribution in [-0.4, -0.2) is 30.1 Å². The van der Waals surface area contributed by atoms with Crippen molar-refractivity contribution >= 4 is 28.9 Å². The second kappa shape index (κ2) is 10.5. The van der Waals surface area contributed by atoms with E-state index in [2.05, 4.69) is 43.4 Å². The molecule has 34 heavy (non-hydrogen) atoms. The highest BCUT2D eigenvalue weighted by Crippen LogP contribution is 2.33. The summed E-state index contributed by atoms with van der Waals surface area (Å²) in [6, 6.07) is 23.9. The largest absolute Gasteiger partial charge is 0.352 e. The predicted octanol–water partition coefficient (Wildman–Crippen LogP) is 5.30. The normalized spacial score (nSPS) is 14.1. The summed E-state index contributed by atoms with van der Waals surface area (Å²) < 4.78 is 0. The van der Waals surface area contributed by atoms with E-state index in [1.807, 2.05) is 55.5 Å². The number of hydrogen-bond donors (Lipinski definition) is 1. The Morgan fingerprint density at radius 2 is 1.74 bits per heavy atom. The quantitative estimate of drug-likeness (QED) is 0.528. The van der Waals surface area contributed by atoms with E-state index in [-0.39, 0.29) is 30.8 Å². The van der Waals surface area contributed by atoms with Gasteiger partial charge in [-0.25, -0.2) is 0 Å². The molecule has 0 unspecified atom stereocenters. The average Bonchev–Trinajstić information content (AvgIpc) is 2.96. The molecule has 0 aliphatic carbocycles. The van der Waals surface area contributed by atoms with Crippen LogP contribution in [0.2, 0.25) is 0 Å². The lowest BCUT2D eigenvalue weighted by atomic mass is 10.0. The van der Waals surface area contributed by atoms with Gasteiger partial charge in [-0.1, -0.05) is 54.6 Å². The molecule has 1 N–H and O–H groups in total. The smallest absolute Gasteiger partial charge is 0.240 e. The lowest BCUT2D eigenvalue weighted by Gasteiger charge is -2.23. The number of fused-ring (bicyclic) bond motifs is 1. The monoisotopic (exact) mass is 453 g/mol. The molecule has 1 heterocycles. The molecule has 0 spiro atoms. The Hall–Kier alpha value is -3.73. The summed E-state index contributed by atoms with van der Waals surface area (Å²) in [5.74, 6) is -0.299. The number of hydrogen-bond acceptors (Lipinski definition) is 3. The number of carbonyl (C=O) groups excluding carboxylic acids is 2. The van der Waals surface area contributed by atoms with Gasteiger partial charge in [-0.2, -0.15) is 0 Å². The molecule has 1 atom stereocenters. The molecular formula is C29H31N3O2. The highest BCUT2D eigenvalue weighted by molar-refractivity contribution is 6.18. The Morgan fingerprint density at radius 3 is 2.50 bits per heavy atom. The molecule has 4 rings (SSSR count). The van der Waals surface area contributed by atoms with Crippen LogP contribution in [0.25, 0.3) is 0 Å². The second-order valence-corrected chi connectivity index (χ2v) is 9.00. The van der Waals surface area contributed by atoms with E-state index in [4.69, 9.17) is 4.99 Å². The molecule has 1 aliphatic heterocycles. The van der Waals surface area contributed by atoms with E-state index in [9.17, 15) is 9.59 Å². The number of nitrogens with zero attached hydrogens (tertiary/aromatic N) is 2. The van der Waals surface area contributed by atoms with Crippen molar-refractivity contribution in [1.82, 2.24) is 5.32 Å². The molecule has 5 nitrogen and oxygen atoms in total. The molecular weight excluding hydrogens is 422 g/mol. The molecule has 174 valence electrons. The van der Waals surface area contributed by atoms with Crippen molar-refractivity contribution in [3.8, 4) is 0 Å². The Kier molecular flexibility index (Phi) is 7.21. The fraction of sp³-hybridized carbons (Fsp3) is 0.276. The first-order chi connectivity index (χ1) is 16.4. The lowest BCUT2D eigenvalue weighted by Crippen LogP contribution is -2.43. The van der Waals surface area contributed by atoms with Gasteiger partial charge in [0.1, 0.15) is 6.54 Å². The average molecular weight is 454 g/mol. The lowest BCUT2D eigenvalue weighted by molar-refractivity contribution is -0.123. The van der Waals surface area contributed by atoms with Crippen molar-refractivity contribution in [3.05, 3.63) is 95.1 Å². The van der Waals surface area contributed by atoms with Gasteiger partial charge < -0.3 is 10.2 Å². The predicted molar refractivity (Wildman–Crippen MR) is 138 cm³/mol. The summed E-state index contributed by atoms with van der Waals surface area (Å²) in [7, 11) is 0.